The highest BCUT2D eigenvalue weighted by Crippen LogP contribution is 2.29. The number of hydrogen-bond acceptors (Lipinski definition) is 3. The molecule has 2 amide bonds. The first kappa shape index (κ1) is 19.7. The van der Waals surface area contributed by atoms with Crippen LogP contribution >= 0.6 is 28.1 Å². The van der Waals surface area contributed by atoms with Gasteiger partial charge in [0.2, 0.25) is 0 Å². The van der Waals surface area contributed by atoms with E-state index < -0.39 is 11.8 Å². The number of aromatic nitrogens is 1. The van der Waals surface area contributed by atoms with Crippen molar-refractivity contribution in [3.8, 4) is 0 Å². The minimum absolute atomic E-state index is 0.0216. The Morgan fingerprint density at radius 2 is 1.68 bits per heavy atom. The molecule has 0 saturated carbocycles. The maximum absolute atomic E-state index is 12.3. The summed E-state index contributed by atoms with van der Waals surface area (Å²) in [6, 6.07) is 20.6. The Morgan fingerprint density at radius 1 is 0.935 bits per heavy atom. The van der Waals surface area contributed by atoms with E-state index in [-0.39, 0.29) is 10.7 Å². The number of amides is 2. The molecule has 1 saturated heterocycles. The second kappa shape index (κ2) is 7.76. The number of fused-ring (bicyclic) bond motifs is 2. The maximum Gasteiger partial charge on any atom is 0.263 e. The zero-order valence-corrected chi connectivity index (χ0v) is 18.6. The first-order valence-corrected chi connectivity index (χ1v) is 10.8. The molecule has 31 heavy (non-hydrogen) atoms. The molecular formula is C24H16BrN3O2S. The second-order valence-electron chi connectivity index (χ2n) is 7.31. The van der Waals surface area contributed by atoms with Crippen molar-refractivity contribution < 1.29 is 9.59 Å². The zero-order valence-electron chi connectivity index (χ0n) is 16.2. The van der Waals surface area contributed by atoms with Crippen LogP contribution in [0.5, 0.6) is 0 Å². The lowest BCUT2D eigenvalue weighted by atomic mass is 10.0. The number of carbonyl (C=O) groups excluding carboxylic acids is 2. The van der Waals surface area contributed by atoms with Gasteiger partial charge in [-0.25, -0.2) is 0 Å². The molecule has 0 spiro atoms. The summed E-state index contributed by atoms with van der Waals surface area (Å²) in [5, 5.41) is 8.31. The molecule has 7 heteroatoms. The number of benzene rings is 3. The number of halogens is 1. The molecule has 1 fully saturated rings. The lowest BCUT2D eigenvalue weighted by molar-refractivity contribution is -0.123. The Kier molecular flexibility index (Phi) is 4.92. The molecule has 0 unspecified atom stereocenters. The molecule has 0 radical (unpaired) electrons. The summed E-state index contributed by atoms with van der Waals surface area (Å²) >= 11 is 8.41. The minimum Gasteiger partial charge on any atom is -0.342 e. The van der Waals surface area contributed by atoms with E-state index in [1.165, 1.54) is 16.3 Å². The highest BCUT2D eigenvalue weighted by molar-refractivity contribution is 9.10. The van der Waals surface area contributed by atoms with Gasteiger partial charge in [0.05, 0.1) is 0 Å². The van der Waals surface area contributed by atoms with Gasteiger partial charge >= 0.3 is 0 Å². The second-order valence-corrected chi connectivity index (χ2v) is 8.63. The zero-order chi connectivity index (χ0) is 21.5. The van der Waals surface area contributed by atoms with E-state index in [1.807, 2.05) is 36.5 Å². The van der Waals surface area contributed by atoms with Crippen LogP contribution in [0, 0.1) is 0 Å². The summed E-state index contributed by atoms with van der Waals surface area (Å²) < 4.78 is 3.06. The van der Waals surface area contributed by atoms with Crippen molar-refractivity contribution in [2.24, 2.45) is 0 Å². The average Bonchev–Trinajstić information content (AvgIpc) is 3.07. The van der Waals surface area contributed by atoms with Crippen LogP contribution in [0.25, 0.3) is 27.8 Å². The number of nitrogens with one attached hydrogen (secondary N) is 2. The van der Waals surface area contributed by atoms with E-state index in [1.54, 1.807) is 6.08 Å². The predicted molar refractivity (Wildman–Crippen MR) is 130 cm³/mol. The van der Waals surface area contributed by atoms with Crippen molar-refractivity contribution in [1.29, 1.82) is 0 Å². The first-order chi connectivity index (χ1) is 15.0. The van der Waals surface area contributed by atoms with Crippen molar-refractivity contribution in [2.45, 2.75) is 6.54 Å². The highest BCUT2D eigenvalue weighted by Gasteiger charge is 2.26. The largest absolute Gasteiger partial charge is 0.342 e. The molecule has 1 aliphatic heterocycles. The van der Waals surface area contributed by atoms with Gasteiger partial charge in [-0.2, -0.15) is 0 Å². The molecule has 5 rings (SSSR count). The highest BCUT2D eigenvalue weighted by atomic mass is 79.9. The van der Waals surface area contributed by atoms with Crippen LogP contribution in [0.3, 0.4) is 0 Å². The number of thiocarbonyl (C=S) groups is 1. The Balaban J connectivity index is 1.64. The van der Waals surface area contributed by atoms with Crippen LogP contribution in [-0.4, -0.2) is 21.5 Å². The van der Waals surface area contributed by atoms with Crippen LogP contribution in [0.2, 0.25) is 0 Å². The Morgan fingerprint density at radius 3 is 2.48 bits per heavy atom. The number of hydrogen-bond donors (Lipinski definition) is 2. The molecule has 1 aliphatic rings. The van der Waals surface area contributed by atoms with E-state index in [0.717, 1.165) is 20.9 Å². The normalized spacial score (nSPS) is 14.1. The third-order valence-electron chi connectivity index (χ3n) is 5.34. The smallest absolute Gasteiger partial charge is 0.263 e. The number of carbonyl (C=O) groups is 2. The van der Waals surface area contributed by atoms with Gasteiger partial charge in [-0.15, -0.1) is 0 Å². The van der Waals surface area contributed by atoms with E-state index in [9.17, 15) is 9.59 Å². The van der Waals surface area contributed by atoms with Crippen LogP contribution in [-0.2, 0) is 16.1 Å². The topological polar surface area (TPSA) is 63.1 Å². The Labute approximate surface area is 191 Å². The molecule has 4 aromatic rings. The van der Waals surface area contributed by atoms with Crippen molar-refractivity contribution in [3.05, 3.63) is 88.0 Å². The van der Waals surface area contributed by atoms with E-state index in [2.05, 4.69) is 61.5 Å². The Hall–Kier alpha value is -3.29. The van der Waals surface area contributed by atoms with Crippen LogP contribution in [0.4, 0.5) is 0 Å². The summed E-state index contributed by atoms with van der Waals surface area (Å²) in [5.41, 5.74) is 3.01. The summed E-state index contributed by atoms with van der Waals surface area (Å²) in [4.78, 5) is 24.6. The van der Waals surface area contributed by atoms with Crippen molar-refractivity contribution in [1.82, 2.24) is 15.2 Å². The molecule has 5 nitrogen and oxygen atoms in total. The van der Waals surface area contributed by atoms with Gasteiger partial charge in [0.25, 0.3) is 11.8 Å². The van der Waals surface area contributed by atoms with Gasteiger partial charge in [-0.1, -0.05) is 58.4 Å². The third-order valence-corrected chi connectivity index (χ3v) is 6.04. The summed E-state index contributed by atoms with van der Waals surface area (Å²) in [7, 11) is 0. The number of rotatable bonds is 3. The van der Waals surface area contributed by atoms with Gasteiger partial charge in [0.15, 0.2) is 5.11 Å². The summed E-state index contributed by atoms with van der Waals surface area (Å²) in [5.74, 6) is -1.00. The van der Waals surface area contributed by atoms with Gasteiger partial charge in [0.1, 0.15) is 5.57 Å². The van der Waals surface area contributed by atoms with Crippen LogP contribution < -0.4 is 10.6 Å². The predicted octanol–water partition coefficient (Wildman–Crippen LogP) is 4.52. The monoisotopic (exact) mass is 489 g/mol. The van der Waals surface area contributed by atoms with Gasteiger partial charge in [-0.3, -0.25) is 20.2 Å². The molecule has 152 valence electrons. The van der Waals surface area contributed by atoms with Crippen molar-refractivity contribution >= 4 is 72.8 Å². The maximum atomic E-state index is 12.3. The van der Waals surface area contributed by atoms with Gasteiger partial charge < -0.3 is 4.57 Å². The fourth-order valence-corrected chi connectivity index (χ4v) is 4.46. The Bertz CT molecular complexity index is 1410. The quantitative estimate of drug-likeness (QED) is 0.252. The van der Waals surface area contributed by atoms with Gasteiger partial charge in [-0.05, 0) is 52.8 Å². The minimum atomic E-state index is -0.501. The van der Waals surface area contributed by atoms with Crippen LogP contribution in [0.1, 0.15) is 11.1 Å². The fraction of sp³-hybridized carbons (Fsp3) is 0.0417. The standard InChI is InChI=1S/C24H16BrN3O2S/c25-17-8-9-21-19(11-17)16(10-20-22(29)26-24(31)27-23(20)30)13-28(21)12-15-6-3-5-14-4-1-2-7-18(14)15/h1-11,13H,12H2,(H2,26,27,29,30,31). The molecule has 3 aromatic carbocycles. The lowest BCUT2D eigenvalue weighted by Crippen LogP contribution is -2.51. The van der Waals surface area contributed by atoms with Gasteiger partial charge in [0, 0.05) is 33.7 Å². The molecule has 1 aromatic heterocycles. The molecule has 0 bridgehead atoms. The third kappa shape index (κ3) is 3.66. The van der Waals surface area contributed by atoms with Crippen molar-refractivity contribution in [2.75, 3.05) is 0 Å². The average molecular weight is 490 g/mol. The fourth-order valence-electron chi connectivity index (χ4n) is 3.92. The first-order valence-electron chi connectivity index (χ1n) is 9.63. The molecule has 0 atom stereocenters. The number of nitrogens with zero attached hydrogens (tertiary/aromatic N) is 1. The molecular weight excluding hydrogens is 474 g/mol. The SMILES string of the molecule is O=C1NC(=S)NC(=O)C1=Cc1cn(Cc2cccc3ccccc23)c2ccc(Br)cc12. The van der Waals surface area contributed by atoms with Crippen LogP contribution in [0.15, 0.2) is 76.9 Å². The van der Waals surface area contributed by atoms with E-state index >= 15 is 0 Å². The summed E-state index contributed by atoms with van der Waals surface area (Å²) in [6.07, 6.45) is 3.58. The summed E-state index contributed by atoms with van der Waals surface area (Å²) in [6.45, 7) is 0.658. The molecule has 0 aliphatic carbocycles. The van der Waals surface area contributed by atoms with Crippen molar-refractivity contribution in [3.63, 3.8) is 0 Å². The molecule has 2 heterocycles. The molecule has 2 N–H and O–H groups in total. The van der Waals surface area contributed by atoms with E-state index in [4.69, 9.17) is 12.2 Å². The van der Waals surface area contributed by atoms with E-state index in [0.29, 0.717) is 6.54 Å². The lowest BCUT2D eigenvalue weighted by Gasteiger charge is -2.16.